The molecule has 2 aromatic heterocycles. The highest BCUT2D eigenvalue weighted by molar-refractivity contribution is 5.76. The highest BCUT2D eigenvalue weighted by Gasteiger charge is 2.26. The molecule has 0 saturated carbocycles. The topological polar surface area (TPSA) is 68.8 Å². The molecule has 7 heteroatoms. The van der Waals surface area contributed by atoms with Gasteiger partial charge in [-0.3, -0.25) is 9.20 Å². The molecule has 3 heterocycles. The van der Waals surface area contributed by atoms with Gasteiger partial charge in [0.05, 0.1) is 12.6 Å². The predicted octanol–water partition coefficient (Wildman–Crippen LogP) is 2.08. The number of amides is 1. The van der Waals surface area contributed by atoms with Crippen molar-refractivity contribution in [2.24, 2.45) is 0 Å². The van der Waals surface area contributed by atoms with Crippen LogP contribution in [-0.2, 0) is 16.1 Å². The van der Waals surface area contributed by atoms with Crippen LogP contribution in [0.5, 0.6) is 0 Å². The van der Waals surface area contributed by atoms with Crippen molar-refractivity contribution in [3.8, 4) is 0 Å². The second-order valence-electron chi connectivity index (χ2n) is 7.13. The smallest absolute Gasteiger partial charge is 0.350 e. The third-order valence-corrected chi connectivity index (χ3v) is 4.88. The Labute approximate surface area is 153 Å². The Morgan fingerprint density at radius 3 is 2.96 bits per heavy atom. The van der Waals surface area contributed by atoms with Crippen LogP contribution < -0.4 is 5.69 Å². The van der Waals surface area contributed by atoms with E-state index in [0.29, 0.717) is 25.2 Å². The molecule has 1 aliphatic rings. The summed E-state index contributed by atoms with van der Waals surface area (Å²) in [6.45, 7) is 5.83. The summed E-state index contributed by atoms with van der Waals surface area (Å²) < 4.78 is 8.54. The van der Waals surface area contributed by atoms with Crippen molar-refractivity contribution in [1.82, 2.24) is 19.1 Å². The first kappa shape index (κ1) is 18.6. The lowest BCUT2D eigenvalue weighted by atomic mass is 9.99. The molecule has 1 aliphatic heterocycles. The summed E-state index contributed by atoms with van der Waals surface area (Å²) in [4.78, 5) is 27.0. The van der Waals surface area contributed by atoms with Gasteiger partial charge in [0.25, 0.3) is 0 Å². The summed E-state index contributed by atoms with van der Waals surface area (Å²) in [6, 6.07) is 5.67. The van der Waals surface area contributed by atoms with Crippen molar-refractivity contribution in [3.63, 3.8) is 0 Å². The average molecular weight is 360 g/mol. The third kappa shape index (κ3) is 4.33. The Kier molecular flexibility index (Phi) is 6.08. The maximum atomic E-state index is 12.7. The fraction of sp³-hybridized carbons (Fsp3) is 0.632. The van der Waals surface area contributed by atoms with E-state index in [1.54, 1.807) is 18.3 Å². The normalized spacial score (nSPS) is 18.0. The van der Waals surface area contributed by atoms with Gasteiger partial charge in [0.2, 0.25) is 5.91 Å². The Bertz CT molecular complexity index is 795. The summed E-state index contributed by atoms with van der Waals surface area (Å²) in [5.74, 6) is 0.100. The minimum absolute atomic E-state index is 0.100. The van der Waals surface area contributed by atoms with Gasteiger partial charge in [-0.25, -0.2) is 9.48 Å². The van der Waals surface area contributed by atoms with Gasteiger partial charge in [-0.05, 0) is 51.7 Å². The summed E-state index contributed by atoms with van der Waals surface area (Å²) >= 11 is 0. The highest BCUT2D eigenvalue weighted by atomic mass is 16.5. The van der Waals surface area contributed by atoms with Crippen molar-refractivity contribution in [1.29, 1.82) is 0 Å². The average Bonchev–Trinajstić information content (AvgIpc) is 2.96. The monoisotopic (exact) mass is 360 g/mol. The number of pyridine rings is 1. The maximum Gasteiger partial charge on any atom is 0.350 e. The van der Waals surface area contributed by atoms with Crippen LogP contribution in [0.15, 0.2) is 29.2 Å². The molecular formula is C19H28N4O3. The van der Waals surface area contributed by atoms with Crippen molar-refractivity contribution >= 4 is 11.6 Å². The van der Waals surface area contributed by atoms with Crippen molar-refractivity contribution in [2.45, 2.75) is 64.6 Å². The van der Waals surface area contributed by atoms with E-state index in [0.717, 1.165) is 32.2 Å². The third-order valence-electron chi connectivity index (χ3n) is 4.88. The first-order valence-electron chi connectivity index (χ1n) is 9.51. The van der Waals surface area contributed by atoms with E-state index >= 15 is 0 Å². The van der Waals surface area contributed by atoms with E-state index in [1.807, 2.05) is 24.8 Å². The fourth-order valence-electron chi connectivity index (χ4n) is 3.53. The Morgan fingerprint density at radius 2 is 2.19 bits per heavy atom. The van der Waals surface area contributed by atoms with Crippen LogP contribution in [0.1, 0.15) is 46.0 Å². The molecule has 0 radical (unpaired) electrons. The van der Waals surface area contributed by atoms with Gasteiger partial charge in [0, 0.05) is 31.8 Å². The lowest BCUT2D eigenvalue weighted by Gasteiger charge is -2.36. The van der Waals surface area contributed by atoms with Crippen LogP contribution in [0.4, 0.5) is 0 Å². The number of rotatable bonds is 7. The number of carbonyl (C=O) groups is 1. The van der Waals surface area contributed by atoms with Gasteiger partial charge in [0.15, 0.2) is 5.65 Å². The number of aryl methyl sites for hydroxylation is 1. The van der Waals surface area contributed by atoms with E-state index in [9.17, 15) is 9.59 Å². The molecular weight excluding hydrogens is 332 g/mol. The molecule has 7 nitrogen and oxygen atoms in total. The molecule has 1 saturated heterocycles. The summed E-state index contributed by atoms with van der Waals surface area (Å²) in [5.41, 5.74) is 0.403. The second kappa shape index (κ2) is 8.49. The standard InChI is InChI=1S/C19H28N4O3/c1-15(2)26-14-10-16-7-3-5-11-21(16)18(24)9-13-23-19(25)22-12-6-4-8-17(22)20-23/h4,6,8,12,15-16H,3,5,7,9-11,13-14H2,1-2H3. The van der Waals surface area contributed by atoms with Gasteiger partial charge < -0.3 is 9.64 Å². The van der Waals surface area contributed by atoms with E-state index in [4.69, 9.17) is 4.74 Å². The van der Waals surface area contributed by atoms with Gasteiger partial charge in [-0.2, -0.15) is 0 Å². The number of likely N-dealkylation sites (tertiary alicyclic amines) is 1. The zero-order chi connectivity index (χ0) is 18.5. The SMILES string of the molecule is CC(C)OCCC1CCCCN1C(=O)CCn1nc2ccccn2c1=O. The Morgan fingerprint density at radius 1 is 1.35 bits per heavy atom. The van der Waals surface area contributed by atoms with E-state index in [1.165, 1.54) is 9.08 Å². The largest absolute Gasteiger partial charge is 0.379 e. The lowest BCUT2D eigenvalue weighted by molar-refractivity contribution is -0.135. The zero-order valence-electron chi connectivity index (χ0n) is 15.6. The van der Waals surface area contributed by atoms with Crippen LogP contribution in [-0.4, -0.2) is 50.3 Å². The molecule has 0 aromatic carbocycles. The molecule has 1 fully saturated rings. The van der Waals surface area contributed by atoms with Gasteiger partial charge in [0.1, 0.15) is 0 Å². The summed E-state index contributed by atoms with van der Waals surface area (Å²) in [6.07, 6.45) is 6.30. The lowest BCUT2D eigenvalue weighted by Crippen LogP contribution is -2.44. The number of hydrogen-bond acceptors (Lipinski definition) is 4. The fourth-order valence-corrected chi connectivity index (χ4v) is 3.53. The summed E-state index contributed by atoms with van der Waals surface area (Å²) in [7, 11) is 0. The number of piperidine rings is 1. The highest BCUT2D eigenvalue weighted by Crippen LogP contribution is 2.21. The molecule has 0 aliphatic carbocycles. The molecule has 26 heavy (non-hydrogen) atoms. The van der Waals surface area contributed by atoms with Crippen molar-refractivity contribution in [2.75, 3.05) is 13.2 Å². The quantitative estimate of drug-likeness (QED) is 0.758. The Hall–Kier alpha value is -2.15. The van der Waals surface area contributed by atoms with Gasteiger partial charge >= 0.3 is 5.69 Å². The van der Waals surface area contributed by atoms with Crippen molar-refractivity contribution < 1.29 is 9.53 Å². The zero-order valence-corrected chi connectivity index (χ0v) is 15.6. The molecule has 1 unspecified atom stereocenters. The van der Waals surface area contributed by atoms with Crippen LogP contribution >= 0.6 is 0 Å². The minimum atomic E-state index is -0.200. The number of ether oxygens (including phenoxy) is 1. The second-order valence-corrected chi connectivity index (χ2v) is 7.13. The molecule has 0 N–H and O–H groups in total. The number of aromatic nitrogens is 3. The predicted molar refractivity (Wildman–Crippen MR) is 99.1 cm³/mol. The first-order valence-corrected chi connectivity index (χ1v) is 9.51. The van der Waals surface area contributed by atoms with E-state index in [-0.39, 0.29) is 23.7 Å². The minimum Gasteiger partial charge on any atom is -0.379 e. The number of nitrogens with zero attached hydrogens (tertiary/aromatic N) is 4. The molecule has 3 rings (SSSR count). The van der Waals surface area contributed by atoms with Crippen molar-refractivity contribution in [3.05, 3.63) is 34.9 Å². The number of carbonyl (C=O) groups excluding carboxylic acids is 1. The molecule has 0 bridgehead atoms. The molecule has 1 amide bonds. The molecule has 0 spiro atoms. The first-order chi connectivity index (χ1) is 12.6. The maximum absolute atomic E-state index is 12.7. The van der Waals surface area contributed by atoms with Crippen LogP contribution in [0.2, 0.25) is 0 Å². The Balaban J connectivity index is 1.60. The van der Waals surface area contributed by atoms with Gasteiger partial charge in [-0.1, -0.05) is 6.07 Å². The van der Waals surface area contributed by atoms with E-state index < -0.39 is 0 Å². The summed E-state index contributed by atoms with van der Waals surface area (Å²) in [5, 5.41) is 4.29. The number of hydrogen-bond donors (Lipinski definition) is 0. The number of fused-ring (bicyclic) bond motifs is 1. The van der Waals surface area contributed by atoms with Crippen LogP contribution in [0.3, 0.4) is 0 Å². The molecule has 142 valence electrons. The van der Waals surface area contributed by atoms with Crippen LogP contribution in [0.25, 0.3) is 5.65 Å². The molecule has 2 aromatic rings. The van der Waals surface area contributed by atoms with E-state index in [2.05, 4.69) is 5.10 Å². The molecule has 1 atom stereocenters. The van der Waals surface area contributed by atoms with Gasteiger partial charge in [-0.15, -0.1) is 5.10 Å². The van der Waals surface area contributed by atoms with Crippen LogP contribution in [0, 0.1) is 0 Å².